The summed E-state index contributed by atoms with van der Waals surface area (Å²) in [5, 5.41) is 0. The van der Waals surface area contributed by atoms with Crippen LogP contribution in [0.1, 0.15) is 22.6 Å². The molecule has 0 radical (unpaired) electrons. The van der Waals surface area contributed by atoms with Crippen LogP contribution in [0, 0.1) is 13.8 Å². The minimum Gasteiger partial charge on any atom is -0.484 e. The molecule has 4 rings (SSSR count). The maximum atomic E-state index is 12.6. The molecule has 1 amide bonds. The summed E-state index contributed by atoms with van der Waals surface area (Å²) in [6, 6.07) is 19.9. The standard InChI is InChI=1S/C25H28N4O2/c1-19-23(17-21-9-5-3-6-10-21)25(27-20(2)26-19)29-15-13-28(14-16-29)24(30)18-31-22-11-7-4-8-12-22/h3-12H,13-18H2,1-2H3. The number of anilines is 1. The molecular weight excluding hydrogens is 388 g/mol. The molecular formula is C25H28N4O2. The Bertz CT molecular complexity index is 1020. The lowest BCUT2D eigenvalue weighted by Crippen LogP contribution is -2.50. The molecule has 1 fully saturated rings. The van der Waals surface area contributed by atoms with E-state index in [4.69, 9.17) is 9.72 Å². The molecule has 0 atom stereocenters. The van der Waals surface area contributed by atoms with Crippen molar-refractivity contribution in [1.82, 2.24) is 14.9 Å². The maximum Gasteiger partial charge on any atom is 0.260 e. The first-order chi connectivity index (χ1) is 15.1. The number of benzene rings is 2. The van der Waals surface area contributed by atoms with Gasteiger partial charge in [-0.3, -0.25) is 4.79 Å². The summed E-state index contributed by atoms with van der Waals surface area (Å²) in [7, 11) is 0. The van der Waals surface area contributed by atoms with Gasteiger partial charge in [-0.05, 0) is 31.5 Å². The number of piperazine rings is 1. The molecule has 0 N–H and O–H groups in total. The number of carbonyl (C=O) groups is 1. The fourth-order valence-corrected chi connectivity index (χ4v) is 3.91. The van der Waals surface area contributed by atoms with Crippen LogP contribution in [0.4, 0.5) is 5.82 Å². The molecule has 6 nitrogen and oxygen atoms in total. The Morgan fingerprint density at radius 2 is 1.55 bits per heavy atom. The Kier molecular flexibility index (Phi) is 6.46. The van der Waals surface area contributed by atoms with Gasteiger partial charge in [0.1, 0.15) is 17.4 Å². The maximum absolute atomic E-state index is 12.6. The van der Waals surface area contributed by atoms with E-state index in [2.05, 4.69) is 41.1 Å². The third kappa shape index (κ3) is 5.20. The minimum absolute atomic E-state index is 0.0167. The largest absolute Gasteiger partial charge is 0.484 e. The molecule has 1 saturated heterocycles. The first-order valence-corrected chi connectivity index (χ1v) is 10.7. The van der Waals surface area contributed by atoms with Crippen molar-refractivity contribution in [2.75, 3.05) is 37.7 Å². The van der Waals surface area contributed by atoms with Gasteiger partial charge in [0.15, 0.2) is 6.61 Å². The SMILES string of the molecule is Cc1nc(C)c(Cc2ccccc2)c(N2CCN(C(=O)COc3ccccc3)CC2)n1. The van der Waals surface area contributed by atoms with Crippen molar-refractivity contribution >= 4 is 11.7 Å². The lowest BCUT2D eigenvalue weighted by Gasteiger charge is -2.36. The van der Waals surface area contributed by atoms with Gasteiger partial charge in [0.05, 0.1) is 0 Å². The number of aromatic nitrogens is 2. The highest BCUT2D eigenvalue weighted by atomic mass is 16.5. The van der Waals surface area contributed by atoms with E-state index in [-0.39, 0.29) is 12.5 Å². The molecule has 2 aromatic carbocycles. The first kappa shape index (κ1) is 20.8. The molecule has 2 heterocycles. The Labute approximate surface area is 183 Å². The van der Waals surface area contributed by atoms with Crippen LogP contribution < -0.4 is 9.64 Å². The smallest absolute Gasteiger partial charge is 0.260 e. The molecule has 6 heteroatoms. The number of hydrogen-bond donors (Lipinski definition) is 0. The Balaban J connectivity index is 1.42. The highest BCUT2D eigenvalue weighted by Crippen LogP contribution is 2.25. The monoisotopic (exact) mass is 416 g/mol. The quantitative estimate of drug-likeness (QED) is 0.616. The Hall–Kier alpha value is -3.41. The van der Waals surface area contributed by atoms with Crippen LogP contribution in [0.15, 0.2) is 60.7 Å². The number of aryl methyl sites for hydroxylation is 2. The normalized spacial score (nSPS) is 13.9. The van der Waals surface area contributed by atoms with Crippen LogP contribution in [0.25, 0.3) is 0 Å². The van der Waals surface area contributed by atoms with E-state index >= 15 is 0 Å². The molecule has 0 saturated carbocycles. The molecule has 0 spiro atoms. The van der Waals surface area contributed by atoms with Gasteiger partial charge in [-0.2, -0.15) is 0 Å². The van der Waals surface area contributed by atoms with E-state index in [1.54, 1.807) is 0 Å². The molecule has 1 aromatic heterocycles. The van der Waals surface area contributed by atoms with Crippen molar-refractivity contribution < 1.29 is 9.53 Å². The third-order valence-corrected chi connectivity index (χ3v) is 5.57. The zero-order valence-electron chi connectivity index (χ0n) is 18.1. The average Bonchev–Trinajstić information content (AvgIpc) is 2.80. The number of para-hydroxylation sites is 1. The average molecular weight is 417 g/mol. The molecule has 3 aromatic rings. The fraction of sp³-hybridized carbons (Fsp3) is 0.320. The van der Waals surface area contributed by atoms with Crippen LogP contribution in [-0.4, -0.2) is 53.6 Å². The second-order valence-electron chi connectivity index (χ2n) is 7.79. The summed E-state index contributed by atoms with van der Waals surface area (Å²) in [4.78, 5) is 26.1. The van der Waals surface area contributed by atoms with Crippen LogP contribution in [0.3, 0.4) is 0 Å². The van der Waals surface area contributed by atoms with E-state index in [0.29, 0.717) is 18.8 Å². The van der Waals surface area contributed by atoms with Gasteiger partial charge >= 0.3 is 0 Å². The molecule has 1 aliphatic rings. The summed E-state index contributed by atoms with van der Waals surface area (Å²) >= 11 is 0. The number of carbonyl (C=O) groups excluding carboxylic acids is 1. The highest BCUT2D eigenvalue weighted by Gasteiger charge is 2.25. The van der Waals surface area contributed by atoms with E-state index in [0.717, 1.165) is 42.4 Å². The van der Waals surface area contributed by atoms with Crippen molar-refractivity contribution in [2.45, 2.75) is 20.3 Å². The Morgan fingerprint density at radius 1 is 0.903 bits per heavy atom. The fourth-order valence-electron chi connectivity index (χ4n) is 3.91. The lowest BCUT2D eigenvalue weighted by atomic mass is 10.0. The molecule has 0 bridgehead atoms. The minimum atomic E-state index is 0.0167. The predicted octanol–water partition coefficient (Wildman–Crippen LogP) is 3.41. The summed E-state index contributed by atoms with van der Waals surface area (Å²) in [5.74, 6) is 2.50. The molecule has 31 heavy (non-hydrogen) atoms. The lowest BCUT2D eigenvalue weighted by molar-refractivity contribution is -0.133. The summed E-state index contributed by atoms with van der Waals surface area (Å²) in [5.41, 5.74) is 3.41. The highest BCUT2D eigenvalue weighted by molar-refractivity contribution is 5.78. The van der Waals surface area contributed by atoms with Crippen molar-refractivity contribution in [2.24, 2.45) is 0 Å². The second kappa shape index (κ2) is 9.60. The molecule has 160 valence electrons. The van der Waals surface area contributed by atoms with Crippen molar-refractivity contribution in [3.05, 3.63) is 83.3 Å². The van der Waals surface area contributed by atoms with Gasteiger partial charge in [0.25, 0.3) is 5.91 Å². The van der Waals surface area contributed by atoms with E-state index in [1.807, 2.05) is 48.2 Å². The van der Waals surface area contributed by atoms with Gasteiger partial charge < -0.3 is 14.5 Å². The van der Waals surface area contributed by atoms with Gasteiger partial charge in [0.2, 0.25) is 0 Å². The Morgan fingerprint density at radius 3 is 2.23 bits per heavy atom. The van der Waals surface area contributed by atoms with E-state index < -0.39 is 0 Å². The van der Waals surface area contributed by atoms with Gasteiger partial charge in [-0.1, -0.05) is 48.5 Å². The zero-order chi connectivity index (χ0) is 21.6. The van der Waals surface area contributed by atoms with Crippen LogP contribution in [0.5, 0.6) is 5.75 Å². The third-order valence-electron chi connectivity index (χ3n) is 5.57. The molecule has 0 aliphatic carbocycles. The number of hydrogen-bond acceptors (Lipinski definition) is 5. The van der Waals surface area contributed by atoms with Crippen molar-refractivity contribution in [1.29, 1.82) is 0 Å². The second-order valence-corrected chi connectivity index (χ2v) is 7.79. The zero-order valence-corrected chi connectivity index (χ0v) is 18.1. The topological polar surface area (TPSA) is 58.6 Å². The van der Waals surface area contributed by atoms with E-state index in [1.165, 1.54) is 5.56 Å². The first-order valence-electron chi connectivity index (χ1n) is 10.7. The molecule has 0 unspecified atom stereocenters. The van der Waals surface area contributed by atoms with Crippen molar-refractivity contribution in [3.63, 3.8) is 0 Å². The van der Waals surface area contributed by atoms with Crippen LogP contribution >= 0.6 is 0 Å². The number of nitrogens with zero attached hydrogens (tertiary/aromatic N) is 4. The number of amides is 1. The van der Waals surface area contributed by atoms with Crippen LogP contribution in [0.2, 0.25) is 0 Å². The predicted molar refractivity (Wildman–Crippen MR) is 121 cm³/mol. The molecule has 1 aliphatic heterocycles. The van der Waals surface area contributed by atoms with Gasteiger partial charge in [-0.25, -0.2) is 9.97 Å². The van der Waals surface area contributed by atoms with Crippen molar-refractivity contribution in [3.8, 4) is 5.75 Å². The summed E-state index contributed by atoms with van der Waals surface area (Å²) in [6.07, 6.45) is 0.798. The van der Waals surface area contributed by atoms with E-state index in [9.17, 15) is 4.79 Å². The van der Waals surface area contributed by atoms with Crippen LogP contribution in [-0.2, 0) is 11.2 Å². The van der Waals surface area contributed by atoms with Gasteiger partial charge in [-0.15, -0.1) is 0 Å². The van der Waals surface area contributed by atoms with Gasteiger partial charge in [0, 0.05) is 43.9 Å². The number of rotatable bonds is 6. The summed E-state index contributed by atoms with van der Waals surface area (Å²) in [6.45, 7) is 6.85. The number of ether oxygens (including phenoxy) is 1. The summed E-state index contributed by atoms with van der Waals surface area (Å²) < 4.78 is 5.62.